The highest BCUT2D eigenvalue weighted by Crippen LogP contribution is 2.44. The van der Waals surface area contributed by atoms with Gasteiger partial charge in [-0.25, -0.2) is 9.37 Å². The molecule has 0 atom stereocenters. The van der Waals surface area contributed by atoms with Crippen molar-refractivity contribution >= 4 is 5.91 Å². The van der Waals surface area contributed by atoms with Crippen LogP contribution in [0.2, 0.25) is 0 Å². The third kappa shape index (κ3) is 3.63. The number of hydrogen-bond donors (Lipinski definition) is 1. The van der Waals surface area contributed by atoms with Crippen LogP contribution < -0.4 is 5.32 Å². The van der Waals surface area contributed by atoms with Crippen LogP contribution in [-0.4, -0.2) is 15.5 Å². The Morgan fingerprint density at radius 3 is 2.56 bits per heavy atom. The van der Waals surface area contributed by atoms with E-state index in [-0.39, 0.29) is 11.7 Å². The lowest BCUT2D eigenvalue weighted by Crippen LogP contribution is -2.49. The molecule has 1 aliphatic rings. The van der Waals surface area contributed by atoms with Crippen molar-refractivity contribution < 1.29 is 9.18 Å². The van der Waals surface area contributed by atoms with E-state index in [1.165, 1.54) is 17.7 Å². The van der Waals surface area contributed by atoms with E-state index in [1.54, 1.807) is 18.6 Å². The molecule has 4 rings (SSSR count). The van der Waals surface area contributed by atoms with Crippen LogP contribution in [0.1, 0.15) is 36.0 Å². The smallest absolute Gasteiger partial charge is 0.230 e. The number of nitrogens with zero attached hydrogens (tertiary/aromatic N) is 2. The van der Waals surface area contributed by atoms with Crippen molar-refractivity contribution in [2.24, 2.45) is 0 Å². The minimum absolute atomic E-state index is 0.0122. The molecule has 1 aromatic heterocycles. The third-order valence-corrected chi connectivity index (χ3v) is 5.42. The molecule has 0 aliphatic heterocycles. The second-order valence-corrected chi connectivity index (χ2v) is 7.18. The second kappa shape index (κ2) is 7.35. The van der Waals surface area contributed by atoms with Crippen molar-refractivity contribution in [3.05, 3.63) is 89.8 Å². The van der Waals surface area contributed by atoms with Crippen LogP contribution >= 0.6 is 0 Å². The van der Waals surface area contributed by atoms with E-state index in [0.717, 1.165) is 36.9 Å². The van der Waals surface area contributed by atoms with Gasteiger partial charge in [0.2, 0.25) is 5.91 Å². The largest absolute Gasteiger partial charge is 0.351 e. The molecule has 0 unspecified atom stereocenters. The summed E-state index contributed by atoms with van der Waals surface area (Å²) in [5, 5.41) is 3.05. The van der Waals surface area contributed by atoms with Gasteiger partial charge < -0.3 is 9.88 Å². The van der Waals surface area contributed by atoms with Gasteiger partial charge in [0, 0.05) is 25.5 Å². The Labute approximate surface area is 158 Å². The van der Waals surface area contributed by atoms with Gasteiger partial charge >= 0.3 is 0 Å². The maximum absolute atomic E-state index is 13.6. The molecule has 5 heteroatoms. The standard InChI is InChI=1S/C22H22FN3O/c23-20-4-1-3-19(13-20)22(9-2-10-22)21(27)25-14-17-5-7-18(8-6-17)15-26-12-11-24-16-26/h1,3-8,11-13,16H,2,9-10,14-15H2,(H,25,27). The monoisotopic (exact) mass is 363 g/mol. The number of amides is 1. The zero-order valence-corrected chi connectivity index (χ0v) is 15.1. The molecule has 1 amide bonds. The molecule has 1 fully saturated rings. The normalized spacial score (nSPS) is 15.1. The van der Waals surface area contributed by atoms with E-state index < -0.39 is 5.41 Å². The Bertz CT molecular complexity index is 915. The minimum atomic E-state index is -0.580. The van der Waals surface area contributed by atoms with Gasteiger partial charge in [-0.2, -0.15) is 0 Å². The van der Waals surface area contributed by atoms with Crippen molar-refractivity contribution in [3.8, 4) is 0 Å². The van der Waals surface area contributed by atoms with Crippen LogP contribution in [0.15, 0.2) is 67.3 Å². The molecule has 138 valence electrons. The minimum Gasteiger partial charge on any atom is -0.351 e. The molecule has 1 N–H and O–H groups in total. The lowest BCUT2D eigenvalue weighted by Gasteiger charge is -2.40. The Balaban J connectivity index is 1.40. The van der Waals surface area contributed by atoms with E-state index in [1.807, 2.05) is 29.0 Å². The molecule has 0 spiro atoms. The van der Waals surface area contributed by atoms with E-state index >= 15 is 0 Å². The van der Waals surface area contributed by atoms with Crippen LogP contribution in [0.3, 0.4) is 0 Å². The van der Waals surface area contributed by atoms with Crippen LogP contribution in [0.5, 0.6) is 0 Å². The Kier molecular flexibility index (Phi) is 4.75. The molecule has 0 bridgehead atoms. The lowest BCUT2D eigenvalue weighted by molar-refractivity contribution is -0.130. The fourth-order valence-electron chi connectivity index (χ4n) is 3.67. The molecular formula is C22H22FN3O. The van der Waals surface area contributed by atoms with Crippen molar-refractivity contribution in [1.82, 2.24) is 14.9 Å². The summed E-state index contributed by atoms with van der Waals surface area (Å²) in [7, 11) is 0. The Morgan fingerprint density at radius 1 is 1.15 bits per heavy atom. The van der Waals surface area contributed by atoms with Gasteiger partial charge in [0.15, 0.2) is 0 Å². The summed E-state index contributed by atoms with van der Waals surface area (Å²) in [6, 6.07) is 14.6. The van der Waals surface area contributed by atoms with Crippen molar-refractivity contribution in [2.45, 2.75) is 37.8 Å². The summed E-state index contributed by atoms with van der Waals surface area (Å²) in [5.74, 6) is -0.304. The first-order valence-electron chi connectivity index (χ1n) is 9.24. The number of hydrogen-bond acceptors (Lipinski definition) is 2. The van der Waals surface area contributed by atoms with Crippen LogP contribution in [0.25, 0.3) is 0 Å². The van der Waals surface area contributed by atoms with E-state index in [9.17, 15) is 9.18 Å². The SMILES string of the molecule is O=C(NCc1ccc(Cn2ccnc2)cc1)C1(c2cccc(F)c2)CCC1. The van der Waals surface area contributed by atoms with Crippen LogP contribution in [0, 0.1) is 5.82 Å². The highest BCUT2D eigenvalue weighted by molar-refractivity contribution is 5.89. The predicted molar refractivity (Wildman–Crippen MR) is 102 cm³/mol. The van der Waals surface area contributed by atoms with E-state index in [0.29, 0.717) is 6.54 Å². The average molecular weight is 363 g/mol. The van der Waals surface area contributed by atoms with Gasteiger partial charge in [0.1, 0.15) is 5.82 Å². The second-order valence-electron chi connectivity index (χ2n) is 7.18. The van der Waals surface area contributed by atoms with Crippen LogP contribution in [-0.2, 0) is 23.3 Å². The summed E-state index contributed by atoms with van der Waals surface area (Å²) in [5.41, 5.74) is 2.43. The highest BCUT2D eigenvalue weighted by Gasteiger charge is 2.45. The summed E-state index contributed by atoms with van der Waals surface area (Å²) in [4.78, 5) is 16.9. The van der Waals surface area contributed by atoms with Gasteiger partial charge in [-0.3, -0.25) is 4.79 Å². The van der Waals surface area contributed by atoms with Crippen molar-refractivity contribution in [1.29, 1.82) is 0 Å². The fraction of sp³-hybridized carbons (Fsp3) is 0.273. The number of aromatic nitrogens is 2. The highest BCUT2D eigenvalue weighted by atomic mass is 19.1. The quantitative estimate of drug-likeness (QED) is 0.724. The first-order valence-corrected chi connectivity index (χ1v) is 9.24. The van der Waals surface area contributed by atoms with Crippen molar-refractivity contribution in [2.75, 3.05) is 0 Å². The molecule has 1 heterocycles. The maximum Gasteiger partial charge on any atom is 0.230 e. The maximum atomic E-state index is 13.6. The fourth-order valence-corrected chi connectivity index (χ4v) is 3.67. The zero-order chi connectivity index (χ0) is 18.7. The first-order chi connectivity index (χ1) is 13.2. The third-order valence-electron chi connectivity index (χ3n) is 5.42. The Hall–Kier alpha value is -2.95. The topological polar surface area (TPSA) is 46.9 Å². The summed E-state index contributed by atoms with van der Waals surface area (Å²) < 4.78 is 15.6. The number of benzene rings is 2. The number of halogens is 1. The van der Waals surface area contributed by atoms with Crippen molar-refractivity contribution in [3.63, 3.8) is 0 Å². The number of nitrogens with one attached hydrogen (secondary N) is 1. The lowest BCUT2D eigenvalue weighted by atomic mass is 9.64. The molecule has 4 nitrogen and oxygen atoms in total. The van der Waals surface area contributed by atoms with Gasteiger partial charge in [-0.15, -0.1) is 0 Å². The molecule has 2 aromatic carbocycles. The number of imidazole rings is 1. The molecule has 0 saturated heterocycles. The average Bonchev–Trinajstić information content (AvgIpc) is 3.13. The van der Waals surface area contributed by atoms with E-state index in [2.05, 4.69) is 22.4 Å². The number of rotatable bonds is 6. The van der Waals surface area contributed by atoms with Gasteiger partial charge in [-0.05, 0) is 41.7 Å². The molecule has 1 aliphatic carbocycles. The van der Waals surface area contributed by atoms with Gasteiger partial charge in [0.25, 0.3) is 0 Å². The first kappa shape index (κ1) is 17.5. The summed E-state index contributed by atoms with van der Waals surface area (Å²) >= 11 is 0. The molecule has 27 heavy (non-hydrogen) atoms. The summed E-state index contributed by atoms with van der Waals surface area (Å²) in [6.45, 7) is 1.25. The van der Waals surface area contributed by atoms with Gasteiger partial charge in [0.05, 0.1) is 11.7 Å². The predicted octanol–water partition coefficient (Wildman–Crippen LogP) is 3.81. The van der Waals surface area contributed by atoms with E-state index in [4.69, 9.17) is 0 Å². The number of carbonyl (C=O) groups is 1. The summed E-state index contributed by atoms with van der Waals surface area (Å²) in [6.07, 6.45) is 8.02. The molecule has 3 aromatic rings. The van der Waals surface area contributed by atoms with Crippen LogP contribution in [0.4, 0.5) is 4.39 Å². The number of carbonyl (C=O) groups excluding carboxylic acids is 1. The van der Waals surface area contributed by atoms with Gasteiger partial charge in [-0.1, -0.05) is 42.8 Å². The molecule has 0 radical (unpaired) electrons. The Morgan fingerprint density at radius 2 is 1.93 bits per heavy atom. The molecule has 1 saturated carbocycles. The molecular weight excluding hydrogens is 341 g/mol. The zero-order valence-electron chi connectivity index (χ0n) is 15.1.